The maximum Gasteiger partial charge on any atom is 0.0762 e. The van der Waals surface area contributed by atoms with Crippen LogP contribution in [0.5, 0.6) is 0 Å². The first-order chi connectivity index (χ1) is 5.84. The van der Waals surface area contributed by atoms with Crippen molar-refractivity contribution in [2.75, 3.05) is 0 Å². The molecule has 1 aromatic heterocycles. The van der Waals surface area contributed by atoms with E-state index in [0.29, 0.717) is 0 Å². The van der Waals surface area contributed by atoms with Gasteiger partial charge in [-0.15, -0.1) is 0 Å². The van der Waals surface area contributed by atoms with Crippen molar-refractivity contribution in [2.24, 2.45) is 7.05 Å². The summed E-state index contributed by atoms with van der Waals surface area (Å²) in [7, 11) is 1.95. The van der Waals surface area contributed by atoms with Crippen LogP contribution in [0.3, 0.4) is 0 Å². The zero-order valence-electron chi connectivity index (χ0n) is 7.45. The Morgan fingerprint density at radius 2 is 2.50 bits per heavy atom. The van der Waals surface area contributed by atoms with Gasteiger partial charge in [0.1, 0.15) is 0 Å². The van der Waals surface area contributed by atoms with Crippen LogP contribution in [-0.2, 0) is 13.6 Å². The van der Waals surface area contributed by atoms with Gasteiger partial charge in [0.25, 0.3) is 0 Å². The van der Waals surface area contributed by atoms with E-state index in [1.807, 2.05) is 17.9 Å². The molecule has 12 heavy (non-hydrogen) atoms. The van der Waals surface area contributed by atoms with E-state index in [0.717, 1.165) is 18.3 Å². The van der Waals surface area contributed by atoms with Gasteiger partial charge in [-0.1, -0.05) is 6.42 Å². The van der Waals surface area contributed by atoms with Crippen LogP contribution in [0.4, 0.5) is 0 Å². The molecule has 66 valence electrons. The molecule has 1 heterocycles. The van der Waals surface area contributed by atoms with Crippen LogP contribution in [-0.4, -0.2) is 15.8 Å². The predicted octanol–water partition coefficient (Wildman–Crippen LogP) is 1.06. The van der Waals surface area contributed by atoms with Gasteiger partial charge in [-0.05, 0) is 18.9 Å². The van der Waals surface area contributed by atoms with Gasteiger partial charge in [-0.25, -0.2) is 0 Å². The van der Waals surface area contributed by atoms with Crippen molar-refractivity contribution in [3.63, 3.8) is 0 Å². The topological polar surface area (TPSA) is 29.9 Å². The van der Waals surface area contributed by atoms with Gasteiger partial charge < -0.3 is 5.32 Å². The highest BCUT2D eigenvalue weighted by molar-refractivity contribution is 4.98. The van der Waals surface area contributed by atoms with Crippen molar-refractivity contribution in [3.05, 3.63) is 18.0 Å². The highest BCUT2D eigenvalue weighted by atomic mass is 15.3. The first-order valence-corrected chi connectivity index (χ1v) is 4.56. The Labute approximate surface area is 72.8 Å². The molecule has 0 spiro atoms. The number of hydrogen-bond acceptors (Lipinski definition) is 2. The second-order valence-electron chi connectivity index (χ2n) is 3.49. The zero-order valence-corrected chi connectivity index (χ0v) is 7.45. The lowest BCUT2D eigenvalue weighted by Gasteiger charge is -2.26. The zero-order chi connectivity index (χ0) is 8.39. The van der Waals surface area contributed by atoms with Gasteiger partial charge in [0.15, 0.2) is 0 Å². The second kappa shape index (κ2) is 3.27. The summed E-state index contributed by atoms with van der Waals surface area (Å²) < 4.78 is 1.85. The summed E-state index contributed by atoms with van der Waals surface area (Å²) in [6.07, 6.45) is 6.05. The molecular weight excluding hydrogens is 150 g/mol. The molecule has 0 bridgehead atoms. The molecule has 1 saturated carbocycles. The normalized spacial score (nSPS) is 17.8. The Balaban J connectivity index is 1.79. The first kappa shape index (κ1) is 7.80. The highest BCUT2D eigenvalue weighted by Crippen LogP contribution is 2.18. The molecule has 1 N–H and O–H groups in total. The van der Waals surface area contributed by atoms with E-state index in [1.165, 1.54) is 19.3 Å². The molecule has 2 rings (SSSR count). The number of nitrogens with zero attached hydrogens (tertiary/aromatic N) is 2. The summed E-state index contributed by atoms with van der Waals surface area (Å²) in [5, 5.41) is 7.77. The van der Waals surface area contributed by atoms with E-state index in [1.54, 1.807) is 0 Å². The molecule has 1 fully saturated rings. The fourth-order valence-electron chi connectivity index (χ4n) is 1.42. The van der Waals surface area contributed by atoms with Crippen molar-refractivity contribution >= 4 is 0 Å². The van der Waals surface area contributed by atoms with E-state index in [2.05, 4.69) is 16.5 Å². The third-order valence-electron chi connectivity index (χ3n) is 2.45. The SMILES string of the molecule is Cn1ccc(CNC2CCC2)n1. The molecular formula is C9H15N3. The van der Waals surface area contributed by atoms with E-state index < -0.39 is 0 Å². The molecule has 1 aliphatic rings. The molecule has 1 aliphatic carbocycles. The lowest BCUT2D eigenvalue weighted by molar-refractivity contribution is 0.336. The standard InChI is InChI=1S/C9H15N3/c1-12-6-5-9(11-12)7-10-8-3-2-4-8/h5-6,8,10H,2-4,7H2,1H3. The van der Waals surface area contributed by atoms with E-state index in [-0.39, 0.29) is 0 Å². The van der Waals surface area contributed by atoms with Crippen LogP contribution < -0.4 is 5.32 Å². The van der Waals surface area contributed by atoms with Crippen molar-refractivity contribution < 1.29 is 0 Å². The Bertz CT molecular complexity index is 250. The molecule has 3 heteroatoms. The van der Waals surface area contributed by atoms with Gasteiger partial charge in [0, 0.05) is 25.8 Å². The second-order valence-corrected chi connectivity index (χ2v) is 3.49. The van der Waals surface area contributed by atoms with Gasteiger partial charge in [-0.3, -0.25) is 4.68 Å². The molecule has 0 unspecified atom stereocenters. The number of aryl methyl sites for hydroxylation is 1. The average Bonchev–Trinajstić information content (AvgIpc) is 2.32. The smallest absolute Gasteiger partial charge is 0.0762 e. The van der Waals surface area contributed by atoms with Crippen LogP contribution in [0, 0.1) is 0 Å². The maximum absolute atomic E-state index is 4.30. The van der Waals surface area contributed by atoms with Crippen molar-refractivity contribution in [1.82, 2.24) is 15.1 Å². The Hall–Kier alpha value is -0.830. The fourth-order valence-corrected chi connectivity index (χ4v) is 1.42. The Morgan fingerprint density at radius 1 is 1.67 bits per heavy atom. The molecule has 3 nitrogen and oxygen atoms in total. The minimum absolute atomic E-state index is 0.756. The van der Waals surface area contributed by atoms with Gasteiger partial charge >= 0.3 is 0 Å². The van der Waals surface area contributed by atoms with E-state index in [4.69, 9.17) is 0 Å². The molecule has 1 aromatic rings. The summed E-state index contributed by atoms with van der Waals surface area (Å²) >= 11 is 0. The fraction of sp³-hybridized carbons (Fsp3) is 0.667. The minimum atomic E-state index is 0.756. The summed E-state index contributed by atoms with van der Waals surface area (Å²) in [5.74, 6) is 0. The Kier molecular flexibility index (Phi) is 2.13. The number of hydrogen-bond donors (Lipinski definition) is 1. The quantitative estimate of drug-likeness (QED) is 0.726. The predicted molar refractivity (Wildman–Crippen MR) is 47.7 cm³/mol. The van der Waals surface area contributed by atoms with Gasteiger partial charge in [0.2, 0.25) is 0 Å². The number of nitrogens with one attached hydrogen (secondary N) is 1. The molecule has 0 aromatic carbocycles. The molecule has 0 saturated heterocycles. The molecule has 0 amide bonds. The van der Waals surface area contributed by atoms with Crippen LogP contribution >= 0.6 is 0 Å². The summed E-state index contributed by atoms with van der Waals surface area (Å²) in [4.78, 5) is 0. The van der Waals surface area contributed by atoms with E-state index in [9.17, 15) is 0 Å². The number of rotatable bonds is 3. The largest absolute Gasteiger partial charge is 0.308 e. The van der Waals surface area contributed by atoms with Crippen molar-refractivity contribution in [1.29, 1.82) is 0 Å². The highest BCUT2D eigenvalue weighted by Gasteiger charge is 2.16. The third kappa shape index (κ3) is 1.67. The monoisotopic (exact) mass is 165 g/mol. The lowest BCUT2D eigenvalue weighted by Crippen LogP contribution is -2.34. The number of aromatic nitrogens is 2. The average molecular weight is 165 g/mol. The molecule has 0 radical (unpaired) electrons. The summed E-state index contributed by atoms with van der Waals surface area (Å²) in [6.45, 7) is 0.922. The van der Waals surface area contributed by atoms with Crippen LogP contribution in [0.15, 0.2) is 12.3 Å². The van der Waals surface area contributed by atoms with Gasteiger partial charge in [0.05, 0.1) is 5.69 Å². The summed E-state index contributed by atoms with van der Waals surface area (Å²) in [5.41, 5.74) is 1.14. The van der Waals surface area contributed by atoms with E-state index >= 15 is 0 Å². The molecule has 0 aliphatic heterocycles. The third-order valence-corrected chi connectivity index (χ3v) is 2.45. The van der Waals surface area contributed by atoms with Crippen molar-refractivity contribution in [3.8, 4) is 0 Å². The van der Waals surface area contributed by atoms with Crippen LogP contribution in [0.25, 0.3) is 0 Å². The lowest BCUT2D eigenvalue weighted by atomic mass is 9.93. The maximum atomic E-state index is 4.30. The van der Waals surface area contributed by atoms with Crippen LogP contribution in [0.2, 0.25) is 0 Å². The summed E-state index contributed by atoms with van der Waals surface area (Å²) in [6, 6.07) is 2.82. The minimum Gasteiger partial charge on any atom is -0.308 e. The van der Waals surface area contributed by atoms with Crippen molar-refractivity contribution in [2.45, 2.75) is 31.8 Å². The Morgan fingerprint density at radius 3 is 3.00 bits per heavy atom. The van der Waals surface area contributed by atoms with Gasteiger partial charge in [-0.2, -0.15) is 5.10 Å². The molecule has 0 atom stereocenters. The van der Waals surface area contributed by atoms with Crippen LogP contribution in [0.1, 0.15) is 25.0 Å². The first-order valence-electron chi connectivity index (χ1n) is 4.56.